The Balaban J connectivity index is -0.000000237. The van der Waals surface area contributed by atoms with Gasteiger partial charge in [0.05, 0.1) is 24.7 Å². The van der Waals surface area contributed by atoms with Crippen LogP contribution in [0.3, 0.4) is 0 Å². The summed E-state index contributed by atoms with van der Waals surface area (Å²) in [5.74, 6) is -0.403. The van der Waals surface area contributed by atoms with Gasteiger partial charge in [-0.2, -0.15) is 16.8 Å². The molecule has 2 fully saturated rings. The van der Waals surface area contributed by atoms with Crippen molar-refractivity contribution in [3.05, 3.63) is 0 Å². The van der Waals surface area contributed by atoms with Gasteiger partial charge in [0.25, 0.3) is 20.2 Å². The molecule has 0 aromatic heterocycles. The first-order chi connectivity index (χ1) is 14.0. The van der Waals surface area contributed by atoms with Gasteiger partial charge < -0.3 is 13.1 Å². The van der Waals surface area contributed by atoms with Crippen LogP contribution in [-0.4, -0.2) is 197 Å². The van der Waals surface area contributed by atoms with Crippen molar-refractivity contribution in [1.82, 2.24) is 19.6 Å². The molecule has 2 heterocycles. The molecule has 16 heteroatoms. The molecule has 0 aliphatic carbocycles. The SMILES string of the molecule is Cl.O=S(=O)(O)CCN1CCN(CCO)CC1.O=S(=O)(O)CCN1CCN(CCO)CC1.[Ca+2].[H-].[H-]. The van der Waals surface area contributed by atoms with Crippen molar-refractivity contribution < 1.29 is 39.0 Å². The molecule has 32 heavy (non-hydrogen) atoms. The molecule has 12 nitrogen and oxygen atoms in total. The summed E-state index contributed by atoms with van der Waals surface area (Å²) in [7, 11) is -7.69. The number of nitrogens with zero attached hydrogens (tertiary/aromatic N) is 4. The number of halogens is 1. The minimum absolute atomic E-state index is 0. The summed E-state index contributed by atoms with van der Waals surface area (Å²) in [5.41, 5.74) is 0. The van der Waals surface area contributed by atoms with E-state index < -0.39 is 20.2 Å². The first-order valence-corrected chi connectivity index (χ1v) is 13.3. The van der Waals surface area contributed by atoms with E-state index in [2.05, 4.69) is 9.80 Å². The Kier molecular flexibility index (Phi) is 20.3. The summed E-state index contributed by atoms with van der Waals surface area (Å²) in [5, 5.41) is 17.5. The number of aliphatic hydroxyl groups excluding tert-OH is 2. The molecule has 2 aliphatic heterocycles. The monoisotopic (exact) mass is 554 g/mol. The fourth-order valence-electron chi connectivity index (χ4n) is 3.24. The van der Waals surface area contributed by atoms with E-state index in [4.69, 9.17) is 19.3 Å². The predicted molar refractivity (Wildman–Crippen MR) is 128 cm³/mol. The average Bonchev–Trinajstić information content (AvgIpc) is 2.67. The molecule has 0 atom stereocenters. The van der Waals surface area contributed by atoms with Crippen molar-refractivity contribution in [2.75, 3.05) is 103 Å². The Hall–Kier alpha value is 1.13. The van der Waals surface area contributed by atoms with Crippen molar-refractivity contribution in [3.8, 4) is 0 Å². The Morgan fingerprint density at radius 2 is 0.781 bits per heavy atom. The summed E-state index contributed by atoms with van der Waals surface area (Å²) in [6.45, 7) is 8.93. The van der Waals surface area contributed by atoms with Crippen LogP contribution >= 0.6 is 12.4 Å². The van der Waals surface area contributed by atoms with Crippen LogP contribution in [0.5, 0.6) is 0 Å². The van der Waals surface area contributed by atoms with Crippen molar-refractivity contribution in [2.24, 2.45) is 0 Å². The van der Waals surface area contributed by atoms with Crippen LogP contribution in [0.25, 0.3) is 0 Å². The van der Waals surface area contributed by atoms with Gasteiger partial charge in [-0.15, -0.1) is 12.4 Å². The van der Waals surface area contributed by atoms with Crippen LogP contribution < -0.4 is 0 Å². The minimum atomic E-state index is -3.84. The molecule has 0 amide bonds. The topological polar surface area (TPSA) is 162 Å². The number of aliphatic hydroxyl groups is 2. The maximum atomic E-state index is 10.5. The summed E-state index contributed by atoms with van der Waals surface area (Å²) in [6.07, 6.45) is 0. The molecule has 0 aromatic carbocycles. The molecule has 0 bridgehead atoms. The third-order valence-corrected chi connectivity index (χ3v) is 6.49. The molecule has 0 radical (unpaired) electrons. The zero-order chi connectivity index (χ0) is 22.6. The largest absolute Gasteiger partial charge is 2.00 e. The Bertz CT molecular complexity index is 626. The van der Waals surface area contributed by atoms with Crippen LogP contribution in [0.2, 0.25) is 0 Å². The molecule has 192 valence electrons. The molecular weight excluding hydrogens is 516 g/mol. The van der Waals surface area contributed by atoms with Crippen molar-refractivity contribution in [2.45, 2.75) is 0 Å². The second-order valence-electron chi connectivity index (χ2n) is 7.39. The van der Waals surface area contributed by atoms with Crippen molar-refractivity contribution in [3.63, 3.8) is 0 Å². The van der Waals surface area contributed by atoms with Gasteiger partial charge in [-0.05, 0) is 0 Å². The maximum absolute atomic E-state index is 10.5. The van der Waals surface area contributed by atoms with Gasteiger partial charge in [0.2, 0.25) is 0 Å². The van der Waals surface area contributed by atoms with Gasteiger partial charge in [-0.1, -0.05) is 0 Å². The smallest absolute Gasteiger partial charge is 1.00 e. The molecule has 0 spiro atoms. The van der Waals surface area contributed by atoms with Gasteiger partial charge in [0.15, 0.2) is 0 Å². The van der Waals surface area contributed by atoms with Crippen LogP contribution in [0.4, 0.5) is 0 Å². The van der Waals surface area contributed by atoms with E-state index in [0.717, 1.165) is 52.4 Å². The van der Waals surface area contributed by atoms with E-state index in [1.54, 1.807) is 0 Å². The maximum Gasteiger partial charge on any atom is 2.00 e. The van der Waals surface area contributed by atoms with Crippen LogP contribution in [0.15, 0.2) is 0 Å². The fraction of sp³-hybridized carbons (Fsp3) is 1.00. The van der Waals surface area contributed by atoms with E-state index in [9.17, 15) is 16.8 Å². The van der Waals surface area contributed by atoms with Crippen molar-refractivity contribution >= 4 is 70.4 Å². The van der Waals surface area contributed by atoms with Gasteiger partial charge >= 0.3 is 37.7 Å². The first kappa shape index (κ1) is 35.3. The molecule has 4 N–H and O–H groups in total. The van der Waals surface area contributed by atoms with E-state index in [1.165, 1.54) is 0 Å². The zero-order valence-corrected chi connectivity index (χ0v) is 23.1. The number of piperazine rings is 2. The molecule has 0 aromatic rings. The molecule has 0 unspecified atom stereocenters. The molecule has 2 aliphatic rings. The van der Waals surface area contributed by atoms with Gasteiger partial charge in [0.1, 0.15) is 0 Å². The summed E-state index contributed by atoms with van der Waals surface area (Å²) in [4.78, 5) is 8.26. The second-order valence-corrected chi connectivity index (χ2v) is 10.5. The number of hydrogen-bond donors (Lipinski definition) is 4. The number of β-amino-alcohol motifs (C(OH)–C–C–N with tert-alkyl or cyclic N) is 2. The number of hydrogen-bond acceptors (Lipinski definition) is 10. The van der Waals surface area contributed by atoms with Gasteiger partial charge in [0, 0.05) is 78.5 Å². The molecule has 2 saturated heterocycles. The third-order valence-electron chi connectivity index (χ3n) is 5.09. The van der Waals surface area contributed by atoms with E-state index in [-0.39, 0.29) is 77.7 Å². The van der Waals surface area contributed by atoms with E-state index in [1.807, 2.05) is 9.80 Å². The van der Waals surface area contributed by atoms with Crippen LogP contribution in [0, 0.1) is 0 Å². The number of rotatable bonds is 10. The van der Waals surface area contributed by atoms with Crippen LogP contribution in [0.1, 0.15) is 2.85 Å². The van der Waals surface area contributed by atoms with Gasteiger partial charge in [-0.25, -0.2) is 0 Å². The zero-order valence-electron chi connectivity index (χ0n) is 20.5. The van der Waals surface area contributed by atoms with Crippen molar-refractivity contribution in [1.29, 1.82) is 0 Å². The van der Waals surface area contributed by atoms with Crippen LogP contribution in [-0.2, 0) is 20.2 Å². The fourth-order valence-corrected chi connectivity index (χ4v) is 4.22. The standard InChI is InChI=1S/2C8H18N2O4S.Ca.ClH.2H/c2*11-7-5-9-1-3-10(4-2-9)6-8-15(12,13)14;;;;/h2*11H,1-8H2,(H,12,13,14);;1H;;/q;;+2;;2*-1. The molecular formula is C16H39CaClN4O8S2. The predicted octanol–water partition coefficient (Wildman–Crippen LogP) is -2.77. The second kappa shape index (κ2) is 18.4. The Labute approximate surface area is 230 Å². The van der Waals surface area contributed by atoms with Gasteiger partial charge in [-0.3, -0.25) is 28.7 Å². The summed E-state index contributed by atoms with van der Waals surface area (Å²) < 4.78 is 59.3. The Morgan fingerprint density at radius 1 is 0.562 bits per heavy atom. The Morgan fingerprint density at radius 3 is 0.969 bits per heavy atom. The van der Waals surface area contributed by atoms with E-state index in [0.29, 0.717) is 26.2 Å². The quantitative estimate of drug-likeness (QED) is 0.163. The molecule has 0 saturated carbocycles. The normalized spacial score (nSPS) is 19.4. The summed E-state index contributed by atoms with van der Waals surface area (Å²) in [6, 6.07) is 0. The van der Waals surface area contributed by atoms with E-state index >= 15 is 0 Å². The minimum Gasteiger partial charge on any atom is -1.00 e. The molecule has 2 rings (SSSR count). The summed E-state index contributed by atoms with van der Waals surface area (Å²) >= 11 is 0. The first-order valence-electron chi connectivity index (χ1n) is 10.0. The average molecular weight is 555 g/mol. The third kappa shape index (κ3) is 18.5.